The van der Waals surface area contributed by atoms with Crippen LogP contribution in [-0.2, 0) is 0 Å². The third kappa shape index (κ3) is 3.07. The average molecular weight is 377 g/mol. The van der Waals surface area contributed by atoms with E-state index in [-0.39, 0.29) is 6.10 Å². The fourth-order valence-electron chi connectivity index (χ4n) is 4.08. The monoisotopic (exact) mass is 377 g/mol. The van der Waals surface area contributed by atoms with Gasteiger partial charge in [-0.05, 0) is 42.3 Å². The molecule has 1 heterocycles. The van der Waals surface area contributed by atoms with Crippen molar-refractivity contribution in [2.45, 2.75) is 20.0 Å². The maximum atomic E-state index is 6.30. The van der Waals surface area contributed by atoms with Crippen LogP contribution in [0.25, 0.3) is 44.1 Å². The molecule has 0 aliphatic heterocycles. The summed E-state index contributed by atoms with van der Waals surface area (Å²) in [5.74, 6) is 0.917. The predicted octanol–water partition coefficient (Wildman–Crippen LogP) is 7.44. The van der Waals surface area contributed by atoms with E-state index in [0.717, 1.165) is 22.5 Å². The number of ether oxygens (including phenoxy) is 1. The van der Waals surface area contributed by atoms with Gasteiger partial charge in [-0.25, -0.2) is 0 Å². The number of rotatable bonds is 4. The van der Waals surface area contributed by atoms with E-state index >= 15 is 0 Å². The molecule has 0 saturated heterocycles. The number of hydrogen-bond donors (Lipinski definition) is 1. The summed E-state index contributed by atoms with van der Waals surface area (Å²) in [6, 6.07) is 31.8. The van der Waals surface area contributed by atoms with Crippen LogP contribution in [0.4, 0.5) is 0 Å². The van der Waals surface area contributed by atoms with Crippen molar-refractivity contribution in [2.75, 3.05) is 0 Å². The lowest BCUT2D eigenvalue weighted by Gasteiger charge is -2.18. The molecule has 0 bridgehead atoms. The lowest BCUT2D eigenvalue weighted by Crippen LogP contribution is -2.06. The zero-order chi connectivity index (χ0) is 19.8. The summed E-state index contributed by atoms with van der Waals surface area (Å²) >= 11 is 0. The molecule has 0 amide bonds. The molecule has 0 fully saturated rings. The summed E-state index contributed by atoms with van der Waals surface area (Å²) in [5.41, 5.74) is 5.76. The SMILES string of the molecule is CC(C)Oc1ccc2ccccc2c1-c1c(-c2ccccc2)[nH]c2ccccc12. The topological polar surface area (TPSA) is 25.0 Å². The maximum absolute atomic E-state index is 6.30. The predicted molar refractivity (Wildman–Crippen MR) is 122 cm³/mol. The number of fused-ring (bicyclic) bond motifs is 2. The Bertz CT molecular complexity index is 1300. The molecular formula is C27H23NO. The first kappa shape index (κ1) is 17.6. The molecule has 5 rings (SSSR count). The molecule has 142 valence electrons. The van der Waals surface area contributed by atoms with Gasteiger partial charge in [0.05, 0.1) is 11.8 Å². The Balaban J connectivity index is 1.92. The fourth-order valence-corrected chi connectivity index (χ4v) is 4.08. The number of hydrogen-bond acceptors (Lipinski definition) is 1. The van der Waals surface area contributed by atoms with Gasteiger partial charge in [0.25, 0.3) is 0 Å². The second kappa shape index (κ2) is 7.14. The van der Waals surface area contributed by atoms with Crippen LogP contribution in [0.1, 0.15) is 13.8 Å². The van der Waals surface area contributed by atoms with Crippen molar-refractivity contribution in [3.05, 3.63) is 91.0 Å². The third-order valence-electron chi connectivity index (χ3n) is 5.27. The Morgan fingerprint density at radius 1 is 0.655 bits per heavy atom. The number of H-pyrrole nitrogens is 1. The molecule has 2 nitrogen and oxygen atoms in total. The van der Waals surface area contributed by atoms with Crippen molar-refractivity contribution in [3.63, 3.8) is 0 Å². The molecule has 4 aromatic carbocycles. The summed E-state index contributed by atoms with van der Waals surface area (Å²) in [6.45, 7) is 4.15. The van der Waals surface area contributed by atoms with Gasteiger partial charge < -0.3 is 9.72 Å². The fraction of sp³-hybridized carbons (Fsp3) is 0.111. The molecule has 0 radical (unpaired) electrons. The largest absolute Gasteiger partial charge is 0.490 e. The third-order valence-corrected chi connectivity index (χ3v) is 5.27. The minimum Gasteiger partial charge on any atom is -0.490 e. The zero-order valence-corrected chi connectivity index (χ0v) is 16.6. The van der Waals surface area contributed by atoms with Crippen LogP contribution in [-0.4, -0.2) is 11.1 Å². The Morgan fingerprint density at radius 2 is 1.34 bits per heavy atom. The molecular weight excluding hydrogens is 354 g/mol. The normalized spacial score (nSPS) is 11.4. The molecule has 29 heavy (non-hydrogen) atoms. The number of para-hydroxylation sites is 1. The highest BCUT2D eigenvalue weighted by molar-refractivity contribution is 6.12. The van der Waals surface area contributed by atoms with E-state index in [0.29, 0.717) is 0 Å². The first-order valence-corrected chi connectivity index (χ1v) is 10.1. The van der Waals surface area contributed by atoms with Crippen LogP contribution in [0.5, 0.6) is 5.75 Å². The summed E-state index contributed by atoms with van der Waals surface area (Å²) < 4.78 is 6.30. The highest BCUT2D eigenvalue weighted by Crippen LogP contribution is 2.45. The lowest BCUT2D eigenvalue weighted by atomic mass is 9.93. The zero-order valence-electron chi connectivity index (χ0n) is 16.6. The van der Waals surface area contributed by atoms with E-state index in [1.807, 2.05) is 0 Å². The molecule has 0 unspecified atom stereocenters. The van der Waals surface area contributed by atoms with E-state index in [2.05, 4.69) is 110 Å². The van der Waals surface area contributed by atoms with Crippen molar-refractivity contribution in [1.82, 2.24) is 4.98 Å². The van der Waals surface area contributed by atoms with Gasteiger partial charge in [-0.2, -0.15) is 0 Å². The van der Waals surface area contributed by atoms with E-state index in [1.54, 1.807) is 0 Å². The number of aromatic nitrogens is 1. The van der Waals surface area contributed by atoms with Gasteiger partial charge in [-0.3, -0.25) is 0 Å². The van der Waals surface area contributed by atoms with Crippen LogP contribution < -0.4 is 4.74 Å². The Hall–Kier alpha value is -3.52. The molecule has 0 aliphatic rings. The van der Waals surface area contributed by atoms with Crippen LogP contribution in [0.2, 0.25) is 0 Å². The number of aromatic amines is 1. The standard InChI is InChI=1S/C27H23NO/c1-18(2)29-24-17-16-19-10-6-7-13-21(19)25(24)26-22-14-8-9-15-23(22)28-27(26)20-11-4-3-5-12-20/h3-18,28H,1-2H3. The summed E-state index contributed by atoms with van der Waals surface area (Å²) in [5, 5.41) is 3.62. The molecule has 1 aromatic heterocycles. The Morgan fingerprint density at radius 3 is 2.14 bits per heavy atom. The summed E-state index contributed by atoms with van der Waals surface area (Å²) in [7, 11) is 0. The van der Waals surface area contributed by atoms with Gasteiger partial charge in [0.2, 0.25) is 0 Å². The van der Waals surface area contributed by atoms with E-state index < -0.39 is 0 Å². The molecule has 0 spiro atoms. The smallest absolute Gasteiger partial charge is 0.128 e. The van der Waals surface area contributed by atoms with Crippen molar-refractivity contribution >= 4 is 21.7 Å². The van der Waals surface area contributed by atoms with Crippen molar-refractivity contribution in [2.24, 2.45) is 0 Å². The summed E-state index contributed by atoms with van der Waals surface area (Å²) in [6.07, 6.45) is 0.0975. The highest BCUT2D eigenvalue weighted by atomic mass is 16.5. The van der Waals surface area contributed by atoms with Gasteiger partial charge >= 0.3 is 0 Å². The van der Waals surface area contributed by atoms with Crippen molar-refractivity contribution in [1.29, 1.82) is 0 Å². The molecule has 1 N–H and O–H groups in total. The quantitative estimate of drug-likeness (QED) is 0.346. The maximum Gasteiger partial charge on any atom is 0.128 e. The molecule has 0 aliphatic carbocycles. The van der Waals surface area contributed by atoms with Crippen molar-refractivity contribution in [3.8, 4) is 28.1 Å². The highest BCUT2D eigenvalue weighted by Gasteiger charge is 2.21. The van der Waals surface area contributed by atoms with Crippen LogP contribution >= 0.6 is 0 Å². The second-order valence-electron chi connectivity index (χ2n) is 7.61. The van der Waals surface area contributed by atoms with Gasteiger partial charge in [-0.15, -0.1) is 0 Å². The number of benzene rings is 4. The van der Waals surface area contributed by atoms with Gasteiger partial charge in [0.15, 0.2) is 0 Å². The Labute approximate surface area is 170 Å². The summed E-state index contributed by atoms with van der Waals surface area (Å²) in [4.78, 5) is 3.67. The molecule has 2 heteroatoms. The van der Waals surface area contributed by atoms with Crippen molar-refractivity contribution < 1.29 is 4.74 Å². The van der Waals surface area contributed by atoms with E-state index in [4.69, 9.17) is 4.74 Å². The molecule has 0 atom stereocenters. The van der Waals surface area contributed by atoms with Gasteiger partial charge in [-0.1, -0.05) is 78.9 Å². The van der Waals surface area contributed by atoms with Gasteiger partial charge in [0, 0.05) is 22.0 Å². The number of nitrogens with one attached hydrogen (secondary N) is 1. The second-order valence-corrected chi connectivity index (χ2v) is 7.61. The van der Waals surface area contributed by atoms with Crippen LogP contribution in [0.3, 0.4) is 0 Å². The van der Waals surface area contributed by atoms with Crippen LogP contribution in [0.15, 0.2) is 91.0 Å². The van der Waals surface area contributed by atoms with Crippen LogP contribution in [0, 0.1) is 0 Å². The van der Waals surface area contributed by atoms with Gasteiger partial charge in [0.1, 0.15) is 5.75 Å². The molecule has 0 saturated carbocycles. The molecule has 5 aromatic rings. The van der Waals surface area contributed by atoms with E-state index in [1.165, 1.54) is 27.3 Å². The first-order chi connectivity index (χ1) is 14.2. The minimum atomic E-state index is 0.0975. The first-order valence-electron chi connectivity index (χ1n) is 10.1. The van der Waals surface area contributed by atoms with E-state index in [9.17, 15) is 0 Å². The lowest BCUT2D eigenvalue weighted by molar-refractivity contribution is 0.244. The minimum absolute atomic E-state index is 0.0975. The Kier molecular flexibility index (Phi) is 4.33. The average Bonchev–Trinajstić information content (AvgIpc) is 3.13.